The number of nitrogens with one attached hydrogen (secondary N) is 1. The number of hydrogen-bond donors (Lipinski definition) is 1. The number of hydrogen-bond acceptors (Lipinski definition) is 3. The summed E-state index contributed by atoms with van der Waals surface area (Å²) in [6, 6.07) is 0. The van der Waals surface area contributed by atoms with Crippen molar-refractivity contribution in [3.8, 4) is 0 Å². The zero-order chi connectivity index (χ0) is 8.85. The smallest absolute Gasteiger partial charge is 0.277 e. The molecule has 11 heavy (non-hydrogen) atoms. The molecule has 0 rings (SSSR count). The van der Waals surface area contributed by atoms with E-state index in [0.717, 1.165) is 0 Å². The summed E-state index contributed by atoms with van der Waals surface area (Å²) in [7, 11) is 3.05. The van der Waals surface area contributed by atoms with Crippen LogP contribution in [0.1, 0.15) is 0 Å². The van der Waals surface area contributed by atoms with Crippen LogP contribution in [-0.2, 0) is 4.79 Å². The van der Waals surface area contributed by atoms with Crippen molar-refractivity contribution in [2.24, 2.45) is 5.10 Å². The van der Waals surface area contributed by atoms with Crippen LogP contribution in [0.4, 0.5) is 0 Å². The molecule has 7 heteroatoms. The first-order valence-corrected chi connectivity index (χ1v) is 2.68. The van der Waals surface area contributed by atoms with E-state index in [1.807, 2.05) is 0 Å². The molecular weight excluding hydrogens is 152 g/mol. The number of carbonyl (C=O) groups is 1. The van der Waals surface area contributed by atoms with E-state index in [2.05, 4.69) is 10.4 Å². The average Bonchev–Trinajstić information content (AvgIpc) is 1.86. The lowest BCUT2D eigenvalue weighted by molar-refractivity contribution is -0.485. The second-order valence-corrected chi connectivity index (χ2v) is 1.82. The number of amides is 1. The number of nitro groups is 1. The predicted octanol–water partition coefficient (Wildman–Crippen LogP) is -1.16. The van der Waals surface area contributed by atoms with Crippen molar-refractivity contribution >= 4 is 12.4 Å². The molecule has 0 saturated carbocycles. The van der Waals surface area contributed by atoms with E-state index in [0.29, 0.717) is 6.41 Å². The van der Waals surface area contributed by atoms with Gasteiger partial charge >= 0.3 is 0 Å². The Morgan fingerprint density at radius 3 is 2.55 bits per heavy atom. The van der Waals surface area contributed by atoms with Gasteiger partial charge in [0, 0.05) is 14.1 Å². The Kier molecular flexibility index (Phi) is 3.57. The Morgan fingerprint density at radius 2 is 2.27 bits per heavy atom. The fourth-order valence-corrected chi connectivity index (χ4v) is 0.377. The van der Waals surface area contributed by atoms with Gasteiger partial charge in [0.05, 0.1) is 0 Å². The summed E-state index contributed by atoms with van der Waals surface area (Å²) in [4.78, 5) is 21.0. The van der Waals surface area contributed by atoms with Gasteiger partial charge in [0.25, 0.3) is 5.96 Å². The SMILES string of the molecule is CN(C)C(=N[N+](=O)[O-])NC=O. The van der Waals surface area contributed by atoms with Gasteiger partial charge in [0.1, 0.15) is 5.10 Å². The lowest BCUT2D eigenvalue weighted by atomic mass is 10.8. The van der Waals surface area contributed by atoms with Gasteiger partial charge in [0.2, 0.25) is 6.41 Å². The largest absolute Gasteiger partial charge is 0.344 e. The van der Waals surface area contributed by atoms with Gasteiger partial charge in [-0.25, -0.2) is 10.1 Å². The summed E-state index contributed by atoms with van der Waals surface area (Å²) in [5.41, 5.74) is 0. The lowest BCUT2D eigenvalue weighted by Crippen LogP contribution is -2.36. The predicted molar refractivity (Wildman–Crippen MR) is 37.3 cm³/mol. The molecule has 0 aromatic heterocycles. The van der Waals surface area contributed by atoms with Crippen LogP contribution in [0.3, 0.4) is 0 Å². The van der Waals surface area contributed by atoms with E-state index in [1.54, 1.807) is 0 Å². The normalized spacial score (nSPS) is 10.5. The van der Waals surface area contributed by atoms with Crippen molar-refractivity contribution in [2.45, 2.75) is 0 Å². The number of hydrazone groups is 1. The second-order valence-electron chi connectivity index (χ2n) is 1.82. The van der Waals surface area contributed by atoms with E-state index in [-0.39, 0.29) is 5.96 Å². The Morgan fingerprint density at radius 1 is 1.73 bits per heavy atom. The molecule has 0 aliphatic heterocycles. The van der Waals surface area contributed by atoms with Crippen molar-refractivity contribution < 1.29 is 9.83 Å². The topological polar surface area (TPSA) is 87.8 Å². The number of carbonyl (C=O) groups excluding carboxylic acids is 1. The minimum atomic E-state index is -0.883. The third-order valence-corrected chi connectivity index (χ3v) is 0.788. The van der Waals surface area contributed by atoms with E-state index in [9.17, 15) is 14.9 Å². The van der Waals surface area contributed by atoms with Crippen LogP contribution in [0.2, 0.25) is 0 Å². The van der Waals surface area contributed by atoms with E-state index in [1.165, 1.54) is 19.0 Å². The van der Waals surface area contributed by atoms with Gasteiger partial charge in [-0.2, -0.15) is 0 Å². The molecule has 0 aromatic carbocycles. The molecule has 0 spiro atoms. The summed E-state index contributed by atoms with van der Waals surface area (Å²) in [6.07, 6.45) is 0.322. The van der Waals surface area contributed by atoms with Gasteiger partial charge in [-0.15, -0.1) is 0 Å². The molecule has 62 valence electrons. The molecule has 0 aliphatic rings. The molecule has 0 aromatic rings. The minimum Gasteiger partial charge on any atom is -0.344 e. The summed E-state index contributed by atoms with van der Waals surface area (Å²) < 4.78 is 0. The van der Waals surface area contributed by atoms with Crippen molar-refractivity contribution in [2.75, 3.05) is 14.1 Å². The summed E-state index contributed by atoms with van der Waals surface area (Å²) in [5, 5.41) is 13.9. The van der Waals surface area contributed by atoms with Gasteiger partial charge in [-0.3, -0.25) is 10.1 Å². The Hall–Kier alpha value is -1.66. The van der Waals surface area contributed by atoms with Crippen LogP contribution < -0.4 is 5.32 Å². The highest BCUT2D eigenvalue weighted by molar-refractivity contribution is 5.87. The molecule has 0 unspecified atom stereocenters. The standard InChI is InChI=1S/C4H8N4O3/c1-7(2)4(5-3-9)6-8(10)11/h3H,1-2H3,(H,5,6,9). The van der Waals surface area contributed by atoms with Crippen molar-refractivity contribution in [3.63, 3.8) is 0 Å². The highest BCUT2D eigenvalue weighted by Gasteiger charge is 2.04. The molecule has 0 bridgehead atoms. The molecular formula is C4H8N4O3. The highest BCUT2D eigenvalue weighted by Crippen LogP contribution is 1.79. The fraction of sp³-hybridized carbons (Fsp3) is 0.500. The Balaban J connectivity index is 4.31. The van der Waals surface area contributed by atoms with Crippen LogP contribution in [0.15, 0.2) is 5.10 Å². The Bertz CT molecular complexity index is 188. The molecule has 0 atom stereocenters. The van der Waals surface area contributed by atoms with Gasteiger partial charge in [-0.05, 0) is 0 Å². The van der Waals surface area contributed by atoms with Crippen molar-refractivity contribution in [1.82, 2.24) is 10.2 Å². The molecule has 0 fully saturated rings. The molecule has 1 N–H and O–H groups in total. The van der Waals surface area contributed by atoms with Crippen molar-refractivity contribution in [1.29, 1.82) is 0 Å². The first kappa shape index (κ1) is 9.34. The Labute approximate surface area is 62.8 Å². The minimum absolute atomic E-state index is 0.106. The molecule has 1 amide bonds. The summed E-state index contributed by atoms with van der Waals surface area (Å²) in [5.74, 6) is -0.106. The van der Waals surface area contributed by atoms with Crippen LogP contribution in [-0.4, -0.2) is 36.4 Å². The lowest BCUT2D eigenvalue weighted by Gasteiger charge is -2.09. The molecule has 0 saturated heterocycles. The fourth-order valence-electron chi connectivity index (χ4n) is 0.377. The highest BCUT2D eigenvalue weighted by atomic mass is 16.7. The summed E-state index contributed by atoms with van der Waals surface area (Å²) in [6.45, 7) is 0. The molecule has 7 nitrogen and oxygen atoms in total. The molecule has 0 aliphatic carbocycles. The van der Waals surface area contributed by atoms with Crippen LogP contribution >= 0.6 is 0 Å². The molecule has 0 radical (unpaired) electrons. The second kappa shape index (κ2) is 4.20. The maximum absolute atomic E-state index is 9.86. The van der Waals surface area contributed by atoms with Crippen LogP contribution in [0.5, 0.6) is 0 Å². The third-order valence-electron chi connectivity index (χ3n) is 0.788. The van der Waals surface area contributed by atoms with E-state index in [4.69, 9.17) is 0 Å². The first-order valence-electron chi connectivity index (χ1n) is 2.68. The number of rotatable bonds is 2. The zero-order valence-corrected chi connectivity index (χ0v) is 6.14. The quantitative estimate of drug-likeness (QED) is 0.181. The van der Waals surface area contributed by atoms with Crippen LogP contribution in [0.25, 0.3) is 0 Å². The van der Waals surface area contributed by atoms with Gasteiger partial charge < -0.3 is 4.90 Å². The number of nitrogens with zero attached hydrogens (tertiary/aromatic N) is 3. The molecule has 0 heterocycles. The maximum Gasteiger partial charge on any atom is 0.277 e. The van der Waals surface area contributed by atoms with Crippen LogP contribution in [0, 0.1) is 10.1 Å². The van der Waals surface area contributed by atoms with Crippen molar-refractivity contribution in [3.05, 3.63) is 10.1 Å². The zero-order valence-electron chi connectivity index (χ0n) is 6.14. The van der Waals surface area contributed by atoms with E-state index >= 15 is 0 Å². The maximum atomic E-state index is 9.86. The summed E-state index contributed by atoms with van der Waals surface area (Å²) >= 11 is 0. The van der Waals surface area contributed by atoms with Gasteiger partial charge in [-0.1, -0.05) is 0 Å². The monoisotopic (exact) mass is 160 g/mol. The van der Waals surface area contributed by atoms with E-state index < -0.39 is 5.03 Å². The number of guanidine groups is 1. The third kappa shape index (κ3) is 3.84. The van der Waals surface area contributed by atoms with Gasteiger partial charge in [0.15, 0.2) is 5.03 Å². The first-order chi connectivity index (χ1) is 5.07. The average molecular weight is 160 g/mol.